The van der Waals surface area contributed by atoms with Crippen LogP contribution in [0.3, 0.4) is 0 Å². The van der Waals surface area contributed by atoms with Crippen LogP contribution in [-0.4, -0.2) is 27.4 Å². The summed E-state index contributed by atoms with van der Waals surface area (Å²) in [5.74, 6) is -2.00. The number of carboxylic acids is 1. The van der Waals surface area contributed by atoms with Crippen molar-refractivity contribution in [3.05, 3.63) is 41.5 Å². The molecule has 2 rings (SSSR count). The third kappa shape index (κ3) is 2.87. The number of aromatic nitrogens is 2. The number of nitrogen functional groups attached to an aromatic ring is 1. The van der Waals surface area contributed by atoms with Crippen LogP contribution in [0.2, 0.25) is 0 Å². The summed E-state index contributed by atoms with van der Waals surface area (Å²) in [6.07, 6.45) is 2.45. The maximum absolute atomic E-state index is 13.3. The molecule has 1 heterocycles. The van der Waals surface area contributed by atoms with Crippen molar-refractivity contribution in [1.82, 2.24) is 9.78 Å². The predicted molar refractivity (Wildman–Crippen MR) is 73.2 cm³/mol. The van der Waals surface area contributed by atoms with Gasteiger partial charge in [-0.25, -0.2) is 9.18 Å². The highest BCUT2D eigenvalue weighted by Gasteiger charge is 2.17. The minimum atomic E-state index is -1.26. The molecule has 0 fully saturated rings. The van der Waals surface area contributed by atoms with Gasteiger partial charge in [0.05, 0.1) is 17.1 Å². The summed E-state index contributed by atoms with van der Waals surface area (Å²) in [4.78, 5) is 11.1. The van der Waals surface area contributed by atoms with Gasteiger partial charge in [-0.15, -0.1) is 0 Å². The van der Waals surface area contributed by atoms with Crippen molar-refractivity contribution >= 4 is 17.3 Å². The first-order valence-electron chi connectivity index (χ1n) is 6.02. The van der Waals surface area contributed by atoms with E-state index in [1.807, 2.05) is 19.3 Å². The van der Waals surface area contributed by atoms with Gasteiger partial charge in [-0.2, -0.15) is 5.10 Å². The van der Waals surface area contributed by atoms with Gasteiger partial charge in [-0.3, -0.25) is 4.68 Å². The van der Waals surface area contributed by atoms with Crippen LogP contribution in [0.4, 0.5) is 15.8 Å². The summed E-state index contributed by atoms with van der Waals surface area (Å²) in [5, 5.41) is 16.2. The molecule has 0 spiro atoms. The van der Waals surface area contributed by atoms with Crippen LogP contribution in [0.1, 0.15) is 16.1 Å². The highest BCUT2D eigenvalue weighted by atomic mass is 19.1. The molecule has 106 valence electrons. The molecule has 1 aromatic heterocycles. The highest BCUT2D eigenvalue weighted by molar-refractivity contribution is 6.00. The molecule has 0 saturated heterocycles. The van der Waals surface area contributed by atoms with Crippen LogP contribution in [0.5, 0.6) is 0 Å². The minimum absolute atomic E-state index is 0.244. The van der Waals surface area contributed by atoms with E-state index in [1.54, 1.807) is 4.68 Å². The van der Waals surface area contributed by atoms with Gasteiger partial charge in [0.25, 0.3) is 0 Å². The summed E-state index contributed by atoms with van der Waals surface area (Å²) in [6, 6.07) is 4.39. The zero-order valence-electron chi connectivity index (χ0n) is 10.9. The first-order chi connectivity index (χ1) is 9.49. The van der Waals surface area contributed by atoms with Crippen LogP contribution in [0.15, 0.2) is 24.4 Å². The van der Waals surface area contributed by atoms with E-state index in [2.05, 4.69) is 10.4 Å². The number of hydrogen-bond donors (Lipinski definition) is 3. The van der Waals surface area contributed by atoms with E-state index in [0.717, 1.165) is 11.8 Å². The number of hydrogen-bond acceptors (Lipinski definition) is 4. The summed E-state index contributed by atoms with van der Waals surface area (Å²) in [7, 11) is 1.82. The first kappa shape index (κ1) is 13.9. The zero-order chi connectivity index (χ0) is 14.7. The fraction of sp³-hybridized carbons (Fsp3) is 0.231. The van der Waals surface area contributed by atoms with Gasteiger partial charge in [0, 0.05) is 26.2 Å². The highest BCUT2D eigenvalue weighted by Crippen LogP contribution is 2.25. The molecule has 0 atom stereocenters. The second-order valence-corrected chi connectivity index (χ2v) is 4.35. The number of rotatable bonds is 5. The van der Waals surface area contributed by atoms with Crippen LogP contribution in [-0.2, 0) is 13.5 Å². The van der Waals surface area contributed by atoms with Crippen LogP contribution >= 0.6 is 0 Å². The molecule has 0 amide bonds. The average molecular weight is 278 g/mol. The number of nitrogens with two attached hydrogens (primary N) is 1. The molecule has 7 heteroatoms. The Balaban J connectivity index is 2.09. The number of carbonyl (C=O) groups is 1. The van der Waals surface area contributed by atoms with E-state index in [-0.39, 0.29) is 11.3 Å². The lowest BCUT2D eigenvalue weighted by Gasteiger charge is -2.11. The lowest BCUT2D eigenvalue weighted by molar-refractivity contribution is 0.0698. The number of benzene rings is 1. The maximum Gasteiger partial charge on any atom is 0.340 e. The molecule has 1 aromatic carbocycles. The van der Waals surface area contributed by atoms with Crippen LogP contribution < -0.4 is 11.1 Å². The molecule has 4 N–H and O–H groups in total. The largest absolute Gasteiger partial charge is 0.478 e. The van der Waals surface area contributed by atoms with Crippen molar-refractivity contribution in [3.63, 3.8) is 0 Å². The monoisotopic (exact) mass is 278 g/mol. The molecular formula is C13H15FN4O2. The Morgan fingerprint density at radius 3 is 2.85 bits per heavy atom. The Bertz CT molecular complexity index is 639. The Hall–Kier alpha value is -2.57. The van der Waals surface area contributed by atoms with Crippen molar-refractivity contribution in [3.8, 4) is 0 Å². The second-order valence-electron chi connectivity index (χ2n) is 4.35. The average Bonchev–Trinajstić information content (AvgIpc) is 2.79. The van der Waals surface area contributed by atoms with Gasteiger partial charge in [-0.1, -0.05) is 0 Å². The molecule has 0 unspecified atom stereocenters. The Morgan fingerprint density at radius 2 is 2.25 bits per heavy atom. The van der Waals surface area contributed by atoms with Crippen molar-refractivity contribution in [2.75, 3.05) is 17.6 Å². The van der Waals surface area contributed by atoms with E-state index in [0.29, 0.717) is 18.7 Å². The number of halogens is 1. The van der Waals surface area contributed by atoms with E-state index in [4.69, 9.17) is 10.8 Å². The Morgan fingerprint density at radius 1 is 1.50 bits per heavy atom. The SMILES string of the molecule is Cn1ccc(CCNc2ccc(F)c(N)c2C(=O)O)n1. The fourth-order valence-electron chi connectivity index (χ4n) is 1.89. The number of anilines is 2. The zero-order valence-corrected chi connectivity index (χ0v) is 10.9. The molecule has 20 heavy (non-hydrogen) atoms. The molecular weight excluding hydrogens is 263 g/mol. The number of aryl methyl sites for hydroxylation is 1. The number of nitrogens with one attached hydrogen (secondary N) is 1. The van der Waals surface area contributed by atoms with Crippen molar-refractivity contribution in [2.24, 2.45) is 7.05 Å². The summed E-state index contributed by atoms with van der Waals surface area (Å²) < 4.78 is 15.0. The summed E-state index contributed by atoms with van der Waals surface area (Å²) in [6.45, 7) is 0.475. The second kappa shape index (κ2) is 5.60. The quantitative estimate of drug-likeness (QED) is 0.721. The van der Waals surface area contributed by atoms with Crippen molar-refractivity contribution in [1.29, 1.82) is 0 Å². The van der Waals surface area contributed by atoms with Crippen molar-refractivity contribution < 1.29 is 14.3 Å². The Kier molecular flexibility index (Phi) is 3.88. The normalized spacial score (nSPS) is 10.5. The van der Waals surface area contributed by atoms with Gasteiger partial charge < -0.3 is 16.2 Å². The molecule has 0 aliphatic heterocycles. The number of carboxylic acid groups (broad SMARTS) is 1. The molecule has 0 saturated carbocycles. The van der Waals surface area contributed by atoms with Gasteiger partial charge in [0.2, 0.25) is 0 Å². The van der Waals surface area contributed by atoms with Gasteiger partial charge in [-0.05, 0) is 18.2 Å². The molecule has 2 aromatic rings. The standard InChI is InChI=1S/C13H15FN4O2/c1-18-7-5-8(17-18)4-6-16-10-3-2-9(14)12(15)11(10)13(19)20/h2-3,5,7,16H,4,6,15H2,1H3,(H,19,20). The maximum atomic E-state index is 13.3. The topological polar surface area (TPSA) is 93.2 Å². The number of nitrogens with zero attached hydrogens (tertiary/aromatic N) is 2. The van der Waals surface area contributed by atoms with E-state index in [9.17, 15) is 9.18 Å². The van der Waals surface area contributed by atoms with Crippen LogP contribution in [0, 0.1) is 5.82 Å². The first-order valence-corrected chi connectivity index (χ1v) is 6.02. The molecule has 0 aliphatic carbocycles. The smallest absolute Gasteiger partial charge is 0.340 e. The van der Waals surface area contributed by atoms with Crippen molar-refractivity contribution in [2.45, 2.75) is 6.42 Å². The lowest BCUT2D eigenvalue weighted by Crippen LogP contribution is -2.13. The van der Waals surface area contributed by atoms with Gasteiger partial charge in [0.1, 0.15) is 11.4 Å². The number of aromatic carboxylic acids is 1. The third-order valence-corrected chi connectivity index (χ3v) is 2.87. The molecule has 0 radical (unpaired) electrons. The van der Waals surface area contributed by atoms with Crippen LogP contribution in [0.25, 0.3) is 0 Å². The molecule has 0 bridgehead atoms. The van der Waals surface area contributed by atoms with E-state index >= 15 is 0 Å². The third-order valence-electron chi connectivity index (χ3n) is 2.87. The summed E-state index contributed by atoms with van der Waals surface area (Å²) in [5.41, 5.74) is 6.03. The minimum Gasteiger partial charge on any atom is -0.478 e. The molecule has 6 nitrogen and oxygen atoms in total. The lowest BCUT2D eigenvalue weighted by atomic mass is 10.1. The predicted octanol–water partition coefficient (Wildman–Crippen LogP) is 1.49. The summed E-state index contributed by atoms with van der Waals surface area (Å²) >= 11 is 0. The van der Waals surface area contributed by atoms with E-state index in [1.165, 1.54) is 6.07 Å². The fourth-order valence-corrected chi connectivity index (χ4v) is 1.89. The Labute approximate surface area is 115 Å². The van der Waals surface area contributed by atoms with Gasteiger partial charge >= 0.3 is 5.97 Å². The van der Waals surface area contributed by atoms with E-state index < -0.39 is 11.8 Å². The van der Waals surface area contributed by atoms with Gasteiger partial charge in [0.15, 0.2) is 0 Å². The molecule has 0 aliphatic rings.